The van der Waals surface area contributed by atoms with Crippen LogP contribution in [0.3, 0.4) is 0 Å². The normalized spacial score (nSPS) is 13.4. The average Bonchev–Trinajstić information content (AvgIpc) is 2.80. The Balaban J connectivity index is 1.39. The number of methoxy groups -OCH3 is 1. The number of carbonyl (C=O) groups is 2. The van der Waals surface area contributed by atoms with E-state index in [1.807, 2.05) is 24.3 Å². The summed E-state index contributed by atoms with van der Waals surface area (Å²) in [6, 6.07) is 20.9. The molecule has 0 fully saturated rings. The lowest BCUT2D eigenvalue weighted by Crippen LogP contribution is -2.29. The van der Waals surface area contributed by atoms with Crippen LogP contribution in [0.5, 0.6) is 0 Å². The highest BCUT2D eigenvalue weighted by Crippen LogP contribution is 2.23. The fraction of sp³-hybridized carbons (Fsp3) is 0.200. The molecule has 1 heterocycles. The van der Waals surface area contributed by atoms with E-state index in [0.29, 0.717) is 11.3 Å². The summed E-state index contributed by atoms with van der Waals surface area (Å²) in [5, 5.41) is 3.07. The molecular weight excluding hydrogens is 412 g/mol. The summed E-state index contributed by atoms with van der Waals surface area (Å²) in [4.78, 5) is 26.8. The Morgan fingerprint density at radius 3 is 2.52 bits per heavy atom. The largest absolute Gasteiger partial charge is 0.465 e. The Morgan fingerprint density at radius 2 is 1.77 bits per heavy atom. The van der Waals surface area contributed by atoms with Gasteiger partial charge in [-0.1, -0.05) is 48.0 Å². The molecule has 0 saturated heterocycles. The molecular formula is C25H23ClN2O3. The minimum atomic E-state index is -0.550. The van der Waals surface area contributed by atoms with Gasteiger partial charge in [-0.3, -0.25) is 9.69 Å². The molecule has 3 aromatic carbocycles. The molecule has 0 spiro atoms. The number of nitrogens with zero attached hydrogens (tertiary/aromatic N) is 1. The van der Waals surface area contributed by atoms with E-state index in [0.717, 1.165) is 31.6 Å². The van der Waals surface area contributed by atoms with Gasteiger partial charge in [0.2, 0.25) is 0 Å². The zero-order valence-corrected chi connectivity index (χ0v) is 18.0. The molecule has 6 heteroatoms. The summed E-state index contributed by atoms with van der Waals surface area (Å²) in [5.74, 6) is -0.803. The molecule has 0 aromatic heterocycles. The van der Waals surface area contributed by atoms with Gasteiger partial charge in [0.25, 0.3) is 5.91 Å². The van der Waals surface area contributed by atoms with Gasteiger partial charge in [-0.05, 0) is 53.4 Å². The second-order valence-electron chi connectivity index (χ2n) is 7.57. The fourth-order valence-corrected chi connectivity index (χ4v) is 3.98. The van der Waals surface area contributed by atoms with Crippen LogP contribution in [0.15, 0.2) is 66.7 Å². The number of rotatable bonds is 5. The maximum atomic E-state index is 12.6. The Labute approximate surface area is 186 Å². The van der Waals surface area contributed by atoms with Gasteiger partial charge in [0.05, 0.1) is 17.7 Å². The van der Waals surface area contributed by atoms with Crippen LogP contribution in [-0.2, 0) is 24.2 Å². The number of benzene rings is 3. The van der Waals surface area contributed by atoms with Crippen molar-refractivity contribution in [2.75, 3.05) is 19.0 Å². The van der Waals surface area contributed by atoms with Crippen molar-refractivity contribution in [3.8, 4) is 0 Å². The molecule has 1 N–H and O–H groups in total. The molecule has 0 radical (unpaired) electrons. The Kier molecular flexibility index (Phi) is 6.35. The summed E-state index contributed by atoms with van der Waals surface area (Å²) in [7, 11) is 1.29. The van der Waals surface area contributed by atoms with E-state index in [2.05, 4.69) is 34.5 Å². The van der Waals surface area contributed by atoms with Crippen LogP contribution in [0.2, 0.25) is 5.02 Å². The zero-order valence-electron chi connectivity index (χ0n) is 17.2. The number of hydrogen-bond acceptors (Lipinski definition) is 4. The van der Waals surface area contributed by atoms with Gasteiger partial charge in [0.1, 0.15) is 0 Å². The van der Waals surface area contributed by atoms with E-state index in [1.165, 1.54) is 24.3 Å². The maximum absolute atomic E-state index is 12.6. The lowest BCUT2D eigenvalue weighted by Gasteiger charge is -2.28. The number of hydrogen-bond donors (Lipinski definition) is 1. The third kappa shape index (κ3) is 4.95. The number of ether oxygens (including phenoxy) is 1. The Bertz CT molecular complexity index is 1110. The van der Waals surface area contributed by atoms with Crippen molar-refractivity contribution < 1.29 is 14.3 Å². The summed E-state index contributed by atoms with van der Waals surface area (Å²) >= 11 is 6.03. The van der Waals surface area contributed by atoms with Crippen molar-refractivity contribution >= 4 is 29.2 Å². The van der Waals surface area contributed by atoms with Crippen molar-refractivity contribution in [1.82, 2.24) is 4.90 Å². The van der Waals surface area contributed by atoms with Crippen LogP contribution >= 0.6 is 11.6 Å². The quantitative estimate of drug-likeness (QED) is 0.578. The second kappa shape index (κ2) is 9.33. The van der Waals surface area contributed by atoms with Gasteiger partial charge in [-0.25, -0.2) is 4.79 Å². The number of halogens is 1. The van der Waals surface area contributed by atoms with Gasteiger partial charge < -0.3 is 10.1 Å². The highest BCUT2D eigenvalue weighted by molar-refractivity contribution is 6.33. The van der Waals surface area contributed by atoms with Crippen LogP contribution in [0.25, 0.3) is 0 Å². The number of amides is 1. The topological polar surface area (TPSA) is 58.6 Å². The highest BCUT2D eigenvalue weighted by atomic mass is 35.5. The van der Waals surface area contributed by atoms with Gasteiger partial charge in [0, 0.05) is 30.9 Å². The molecule has 0 aliphatic carbocycles. The van der Waals surface area contributed by atoms with Crippen molar-refractivity contribution in [1.29, 1.82) is 0 Å². The molecule has 1 aliphatic rings. The van der Waals surface area contributed by atoms with Gasteiger partial charge >= 0.3 is 5.97 Å². The van der Waals surface area contributed by atoms with Gasteiger partial charge in [-0.2, -0.15) is 0 Å². The molecule has 0 atom stereocenters. The number of nitrogens with one attached hydrogen (secondary N) is 1. The van der Waals surface area contributed by atoms with Crippen molar-refractivity contribution in [2.24, 2.45) is 0 Å². The first-order chi connectivity index (χ1) is 15.0. The third-order valence-corrected chi connectivity index (χ3v) is 5.79. The molecule has 3 aromatic rings. The van der Waals surface area contributed by atoms with Crippen LogP contribution < -0.4 is 5.32 Å². The highest BCUT2D eigenvalue weighted by Gasteiger charge is 2.16. The van der Waals surface area contributed by atoms with Crippen molar-refractivity contribution in [3.05, 3.63) is 99.6 Å². The van der Waals surface area contributed by atoms with E-state index in [1.54, 1.807) is 12.1 Å². The number of carbonyl (C=O) groups excluding carboxylic acids is 2. The summed E-state index contributed by atoms with van der Waals surface area (Å²) in [6.07, 6.45) is 1.06. The molecule has 1 amide bonds. The van der Waals surface area contributed by atoms with Gasteiger partial charge in [0.15, 0.2) is 0 Å². The summed E-state index contributed by atoms with van der Waals surface area (Å²) < 4.78 is 4.72. The van der Waals surface area contributed by atoms with Gasteiger partial charge in [-0.15, -0.1) is 0 Å². The van der Waals surface area contributed by atoms with E-state index in [9.17, 15) is 9.59 Å². The molecule has 0 bridgehead atoms. The molecule has 0 unspecified atom stereocenters. The van der Waals surface area contributed by atoms with Crippen LogP contribution in [0, 0.1) is 0 Å². The minimum absolute atomic E-state index is 0.209. The van der Waals surface area contributed by atoms with E-state index >= 15 is 0 Å². The standard InChI is InChI=1S/C25H23ClN2O3/c1-31-25(30)22-14-21(10-11-23(22)26)27-24(29)19-8-6-17(7-9-19)15-28-13-12-18-4-2-3-5-20(18)16-28/h2-11,14H,12-13,15-16H2,1H3,(H,27,29). The number of anilines is 1. The first-order valence-corrected chi connectivity index (χ1v) is 10.5. The maximum Gasteiger partial charge on any atom is 0.339 e. The molecule has 158 valence electrons. The van der Waals surface area contributed by atoms with Crippen LogP contribution in [0.1, 0.15) is 37.4 Å². The minimum Gasteiger partial charge on any atom is -0.465 e. The predicted molar refractivity (Wildman–Crippen MR) is 121 cm³/mol. The first-order valence-electron chi connectivity index (χ1n) is 10.1. The number of esters is 1. The van der Waals surface area contributed by atoms with E-state index in [-0.39, 0.29) is 16.5 Å². The number of fused-ring (bicyclic) bond motifs is 1. The summed E-state index contributed by atoms with van der Waals surface area (Å²) in [5.41, 5.74) is 5.21. The van der Waals surface area contributed by atoms with Crippen LogP contribution in [-0.4, -0.2) is 30.4 Å². The van der Waals surface area contributed by atoms with Crippen molar-refractivity contribution in [3.63, 3.8) is 0 Å². The van der Waals surface area contributed by atoms with Crippen molar-refractivity contribution in [2.45, 2.75) is 19.5 Å². The first kappa shape index (κ1) is 21.1. The average molecular weight is 435 g/mol. The summed E-state index contributed by atoms with van der Waals surface area (Å²) in [6.45, 7) is 2.81. The Hall–Kier alpha value is -3.15. The van der Waals surface area contributed by atoms with Crippen LogP contribution in [0.4, 0.5) is 5.69 Å². The molecule has 5 nitrogen and oxygen atoms in total. The second-order valence-corrected chi connectivity index (χ2v) is 7.97. The van der Waals surface area contributed by atoms with E-state index in [4.69, 9.17) is 16.3 Å². The fourth-order valence-electron chi connectivity index (χ4n) is 3.78. The predicted octanol–water partition coefficient (Wildman–Crippen LogP) is 4.94. The Morgan fingerprint density at radius 1 is 1.03 bits per heavy atom. The molecule has 0 saturated carbocycles. The monoisotopic (exact) mass is 434 g/mol. The smallest absolute Gasteiger partial charge is 0.339 e. The SMILES string of the molecule is COC(=O)c1cc(NC(=O)c2ccc(CN3CCc4ccccc4C3)cc2)ccc1Cl. The lowest BCUT2D eigenvalue weighted by atomic mass is 9.99. The molecule has 4 rings (SSSR count). The zero-order chi connectivity index (χ0) is 21.8. The lowest BCUT2D eigenvalue weighted by molar-refractivity contribution is 0.0600. The molecule has 31 heavy (non-hydrogen) atoms. The third-order valence-electron chi connectivity index (χ3n) is 5.46. The van der Waals surface area contributed by atoms with E-state index < -0.39 is 5.97 Å². The molecule has 1 aliphatic heterocycles.